The van der Waals surface area contributed by atoms with Crippen molar-refractivity contribution in [3.05, 3.63) is 87.9 Å². The molecule has 0 unspecified atom stereocenters. The Balaban J connectivity index is 1.79. The highest BCUT2D eigenvalue weighted by molar-refractivity contribution is 7.98. The molecule has 0 spiro atoms. The average molecular weight is 399 g/mol. The monoisotopic (exact) mass is 398 g/mol. The van der Waals surface area contributed by atoms with Crippen LogP contribution in [0.3, 0.4) is 0 Å². The van der Waals surface area contributed by atoms with E-state index in [1.54, 1.807) is 11.8 Å². The predicted molar refractivity (Wildman–Crippen MR) is 112 cm³/mol. The number of thioether (sulfide) groups is 1. The second-order valence-corrected chi connectivity index (χ2v) is 7.88. The Morgan fingerprint density at radius 1 is 0.923 bits per heavy atom. The van der Waals surface area contributed by atoms with E-state index in [4.69, 9.17) is 28.2 Å². The van der Waals surface area contributed by atoms with Gasteiger partial charge in [-0.3, -0.25) is 4.57 Å². The maximum Gasteiger partial charge on any atom is 0.174 e. The first-order valence-corrected chi connectivity index (χ1v) is 9.97. The molecule has 5 heteroatoms. The molecular formula is C21H16Cl2N2S. The minimum atomic E-state index is 0.710. The molecule has 3 aromatic carbocycles. The molecule has 0 bridgehead atoms. The number of rotatable bonds is 4. The number of hydrogen-bond acceptors (Lipinski definition) is 2. The van der Waals surface area contributed by atoms with Crippen molar-refractivity contribution >= 4 is 46.0 Å². The molecule has 0 saturated heterocycles. The fraction of sp³-hybridized carbons (Fsp3) is 0.0952. The summed E-state index contributed by atoms with van der Waals surface area (Å²) in [7, 11) is 0. The number of aryl methyl sites for hydroxylation is 1. The fourth-order valence-corrected chi connectivity index (χ4v) is 4.17. The van der Waals surface area contributed by atoms with Gasteiger partial charge in [-0.15, -0.1) is 0 Å². The van der Waals surface area contributed by atoms with Gasteiger partial charge in [0, 0.05) is 15.8 Å². The van der Waals surface area contributed by atoms with Crippen LogP contribution in [0.1, 0.15) is 11.1 Å². The van der Waals surface area contributed by atoms with E-state index in [1.807, 2.05) is 54.6 Å². The zero-order valence-corrected chi connectivity index (χ0v) is 16.4. The van der Waals surface area contributed by atoms with Gasteiger partial charge in [-0.25, -0.2) is 4.98 Å². The lowest BCUT2D eigenvalue weighted by molar-refractivity contribution is 0.911. The van der Waals surface area contributed by atoms with Gasteiger partial charge >= 0.3 is 0 Å². The molecule has 0 amide bonds. The second kappa shape index (κ2) is 7.36. The van der Waals surface area contributed by atoms with Gasteiger partial charge in [0.2, 0.25) is 0 Å². The zero-order valence-electron chi connectivity index (χ0n) is 14.1. The highest BCUT2D eigenvalue weighted by Gasteiger charge is 2.15. The fourth-order valence-electron chi connectivity index (χ4n) is 2.90. The Labute approximate surface area is 166 Å². The first kappa shape index (κ1) is 17.5. The first-order chi connectivity index (χ1) is 12.6. The summed E-state index contributed by atoms with van der Waals surface area (Å²) >= 11 is 13.9. The minimum absolute atomic E-state index is 0.710. The third-order valence-electron chi connectivity index (χ3n) is 4.22. The summed E-state index contributed by atoms with van der Waals surface area (Å²) in [4.78, 5) is 4.85. The summed E-state index contributed by atoms with van der Waals surface area (Å²) in [5.41, 5.74) is 5.48. The van der Waals surface area contributed by atoms with Crippen molar-refractivity contribution in [3.63, 3.8) is 0 Å². The van der Waals surface area contributed by atoms with Crippen LogP contribution in [0.15, 0.2) is 71.9 Å². The van der Waals surface area contributed by atoms with Crippen LogP contribution < -0.4 is 0 Å². The molecule has 0 aliphatic rings. The largest absolute Gasteiger partial charge is 0.287 e. The number of fused-ring (bicyclic) bond motifs is 1. The lowest BCUT2D eigenvalue weighted by Crippen LogP contribution is -1.99. The Hall–Kier alpha value is -1.94. The lowest BCUT2D eigenvalue weighted by Gasteiger charge is -2.12. The molecule has 0 radical (unpaired) electrons. The molecule has 1 heterocycles. The third-order valence-corrected chi connectivity index (χ3v) is 5.72. The Morgan fingerprint density at radius 2 is 1.65 bits per heavy atom. The van der Waals surface area contributed by atoms with E-state index >= 15 is 0 Å². The second-order valence-electron chi connectivity index (χ2n) is 6.06. The van der Waals surface area contributed by atoms with Crippen molar-refractivity contribution < 1.29 is 0 Å². The maximum atomic E-state index is 6.25. The van der Waals surface area contributed by atoms with Gasteiger partial charge in [0.15, 0.2) is 5.16 Å². The van der Waals surface area contributed by atoms with Crippen molar-refractivity contribution in [1.82, 2.24) is 9.55 Å². The van der Waals surface area contributed by atoms with Crippen LogP contribution in [0.5, 0.6) is 0 Å². The zero-order chi connectivity index (χ0) is 18.1. The van der Waals surface area contributed by atoms with Crippen LogP contribution in [0, 0.1) is 6.92 Å². The van der Waals surface area contributed by atoms with Crippen LogP contribution in [0.4, 0.5) is 0 Å². The van der Waals surface area contributed by atoms with E-state index in [2.05, 4.69) is 23.6 Å². The normalized spacial score (nSPS) is 11.2. The van der Waals surface area contributed by atoms with E-state index in [0.717, 1.165) is 32.7 Å². The number of imidazole rings is 1. The predicted octanol–water partition coefficient (Wildman–Crippen LogP) is 6.93. The van der Waals surface area contributed by atoms with Crippen molar-refractivity contribution in [2.24, 2.45) is 0 Å². The molecule has 0 N–H and O–H groups in total. The van der Waals surface area contributed by atoms with Crippen LogP contribution in [-0.4, -0.2) is 9.55 Å². The quantitative estimate of drug-likeness (QED) is 0.346. The van der Waals surface area contributed by atoms with E-state index < -0.39 is 0 Å². The SMILES string of the molecule is Cc1ccccc1-n1c(SCc2ccc(Cl)cc2)nc2ccc(Cl)cc21. The average Bonchev–Trinajstić information content (AvgIpc) is 2.99. The van der Waals surface area contributed by atoms with Gasteiger partial charge in [0.05, 0.1) is 16.7 Å². The van der Waals surface area contributed by atoms with E-state index in [9.17, 15) is 0 Å². The van der Waals surface area contributed by atoms with Crippen molar-refractivity contribution in [1.29, 1.82) is 0 Å². The number of halogens is 2. The van der Waals surface area contributed by atoms with Gasteiger partial charge in [0.25, 0.3) is 0 Å². The van der Waals surface area contributed by atoms with Crippen molar-refractivity contribution in [2.45, 2.75) is 17.8 Å². The van der Waals surface area contributed by atoms with Gasteiger partial charge < -0.3 is 0 Å². The van der Waals surface area contributed by atoms with E-state index in [-0.39, 0.29) is 0 Å². The summed E-state index contributed by atoms with van der Waals surface area (Å²) < 4.78 is 2.19. The maximum absolute atomic E-state index is 6.25. The molecule has 26 heavy (non-hydrogen) atoms. The van der Waals surface area contributed by atoms with E-state index in [1.165, 1.54) is 11.1 Å². The molecule has 130 valence electrons. The topological polar surface area (TPSA) is 17.8 Å². The number of nitrogens with zero attached hydrogens (tertiary/aromatic N) is 2. The Bertz CT molecular complexity index is 1070. The number of benzene rings is 3. The molecule has 0 aliphatic heterocycles. The molecule has 0 atom stereocenters. The van der Waals surface area contributed by atoms with Crippen LogP contribution in [0.2, 0.25) is 10.0 Å². The van der Waals surface area contributed by atoms with Crippen LogP contribution >= 0.6 is 35.0 Å². The molecule has 1 aromatic heterocycles. The third kappa shape index (κ3) is 3.48. The molecule has 0 saturated carbocycles. The summed E-state index contributed by atoms with van der Waals surface area (Å²) in [6, 6.07) is 22.1. The summed E-state index contributed by atoms with van der Waals surface area (Å²) in [6.07, 6.45) is 0. The first-order valence-electron chi connectivity index (χ1n) is 8.23. The molecular weight excluding hydrogens is 383 g/mol. The molecule has 4 aromatic rings. The molecule has 0 aliphatic carbocycles. The lowest BCUT2D eigenvalue weighted by atomic mass is 10.2. The molecule has 0 fully saturated rings. The van der Waals surface area contributed by atoms with Gasteiger partial charge in [-0.05, 0) is 54.4 Å². The highest BCUT2D eigenvalue weighted by atomic mass is 35.5. The minimum Gasteiger partial charge on any atom is -0.287 e. The van der Waals surface area contributed by atoms with Gasteiger partial charge in [-0.1, -0.05) is 65.3 Å². The van der Waals surface area contributed by atoms with Gasteiger partial charge in [0.1, 0.15) is 0 Å². The summed E-state index contributed by atoms with van der Waals surface area (Å²) in [5.74, 6) is 0.820. The Morgan fingerprint density at radius 3 is 2.42 bits per heavy atom. The number of para-hydroxylation sites is 1. The van der Waals surface area contributed by atoms with Crippen LogP contribution in [-0.2, 0) is 5.75 Å². The molecule has 2 nitrogen and oxygen atoms in total. The summed E-state index contributed by atoms with van der Waals surface area (Å²) in [6.45, 7) is 2.11. The Kier molecular flexibility index (Phi) is 4.94. The number of hydrogen-bond donors (Lipinski definition) is 0. The summed E-state index contributed by atoms with van der Waals surface area (Å²) in [5, 5.41) is 2.41. The number of aromatic nitrogens is 2. The van der Waals surface area contributed by atoms with Gasteiger partial charge in [-0.2, -0.15) is 0 Å². The molecule has 4 rings (SSSR count). The standard InChI is InChI=1S/C21H16Cl2N2S/c1-14-4-2-3-5-19(14)25-20-12-17(23)10-11-18(20)24-21(25)26-13-15-6-8-16(22)9-7-15/h2-12H,13H2,1H3. The van der Waals surface area contributed by atoms with E-state index in [0.29, 0.717) is 5.02 Å². The highest BCUT2D eigenvalue weighted by Crippen LogP contribution is 2.32. The van der Waals surface area contributed by atoms with Crippen molar-refractivity contribution in [3.8, 4) is 5.69 Å². The van der Waals surface area contributed by atoms with Crippen LogP contribution in [0.25, 0.3) is 16.7 Å². The smallest absolute Gasteiger partial charge is 0.174 e. The van der Waals surface area contributed by atoms with Crippen molar-refractivity contribution in [2.75, 3.05) is 0 Å².